The zero-order valence-corrected chi connectivity index (χ0v) is 14.9. The van der Waals surface area contributed by atoms with Crippen LogP contribution in [0.1, 0.15) is 30.2 Å². The Morgan fingerprint density at radius 3 is 2.91 bits per heavy atom. The molecule has 3 amide bonds. The Bertz CT molecular complexity index is 496. The maximum absolute atomic E-state index is 12.6. The van der Waals surface area contributed by atoms with Gasteiger partial charge in [0.05, 0.1) is 12.5 Å². The van der Waals surface area contributed by atoms with Crippen LogP contribution in [0.4, 0.5) is 4.79 Å². The van der Waals surface area contributed by atoms with Gasteiger partial charge in [-0.15, -0.1) is 23.7 Å². The summed E-state index contributed by atoms with van der Waals surface area (Å²) in [5, 5.41) is 7.78. The number of thiophene rings is 1. The number of carbonyl (C=O) groups excluding carboxylic acids is 2. The van der Waals surface area contributed by atoms with Gasteiger partial charge in [0.2, 0.25) is 5.91 Å². The number of carbonyl (C=O) groups is 2. The molecule has 0 saturated carbocycles. The van der Waals surface area contributed by atoms with E-state index in [1.54, 1.807) is 0 Å². The molecule has 1 aromatic rings. The smallest absolute Gasteiger partial charge is 0.312 e. The SMILES string of the molecule is CNCC1CCCN(C(=O)CC(NC(N)=O)c2cccs2)C1.Cl. The summed E-state index contributed by atoms with van der Waals surface area (Å²) >= 11 is 1.52. The Hall–Kier alpha value is -1.31. The normalized spacial score (nSPS) is 18.8. The summed E-state index contributed by atoms with van der Waals surface area (Å²) in [5.41, 5.74) is 5.24. The van der Waals surface area contributed by atoms with E-state index in [-0.39, 0.29) is 30.8 Å². The van der Waals surface area contributed by atoms with Crippen LogP contribution in [0.2, 0.25) is 0 Å². The van der Waals surface area contributed by atoms with Gasteiger partial charge < -0.3 is 21.3 Å². The molecular formula is C15H25ClN4O2S. The Morgan fingerprint density at radius 1 is 1.52 bits per heavy atom. The Kier molecular flexibility index (Phi) is 8.36. The maximum Gasteiger partial charge on any atom is 0.312 e. The van der Waals surface area contributed by atoms with E-state index < -0.39 is 6.03 Å². The van der Waals surface area contributed by atoms with Gasteiger partial charge in [-0.1, -0.05) is 6.07 Å². The zero-order chi connectivity index (χ0) is 15.9. The number of hydrogen-bond acceptors (Lipinski definition) is 4. The van der Waals surface area contributed by atoms with Crippen molar-refractivity contribution < 1.29 is 9.59 Å². The Balaban J connectivity index is 0.00000264. The van der Waals surface area contributed by atoms with Gasteiger partial charge in [-0.3, -0.25) is 4.79 Å². The number of amides is 3. The first-order valence-electron chi connectivity index (χ1n) is 7.62. The first kappa shape index (κ1) is 19.7. The number of likely N-dealkylation sites (tertiary alicyclic amines) is 1. The molecule has 1 saturated heterocycles. The van der Waals surface area contributed by atoms with Crippen molar-refractivity contribution >= 4 is 35.7 Å². The van der Waals surface area contributed by atoms with Gasteiger partial charge in [0.25, 0.3) is 0 Å². The number of rotatable bonds is 6. The standard InChI is InChI=1S/C15H24N4O2S.ClH/c1-17-9-11-4-2-6-19(10-11)14(20)8-12(18-15(16)21)13-5-3-7-22-13;/h3,5,7,11-12,17H,2,4,6,8-10H2,1H3,(H3,16,18,21);1H. The number of nitrogens with two attached hydrogens (primary N) is 1. The van der Waals surface area contributed by atoms with Crippen molar-refractivity contribution in [2.45, 2.75) is 25.3 Å². The van der Waals surface area contributed by atoms with Crippen LogP contribution < -0.4 is 16.4 Å². The molecule has 130 valence electrons. The molecule has 8 heteroatoms. The number of hydrogen-bond donors (Lipinski definition) is 3. The van der Waals surface area contributed by atoms with Gasteiger partial charge in [-0.25, -0.2) is 4.79 Å². The van der Waals surface area contributed by atoms with E-state index >= 15 is 0 Å². The van der Waals surface area contributed by atoms with Gasteiger partial charge >= 0.3 is 6.03 Å². The highest BCUT2D eigenvalue weighted by molar-refractivity contribution is 7.10. The third-order valence-electron chi connectivity index (χ3n) is 3.95. The lowest BCUT2D eigenvalue weighted by Crippen LogP contribution is -2.44. The fourth-order valence-electron chi connectivity index (χ4n) is 2.93. The second-order valence-corrected chi connectivity index (χ2v) is 6.67. The fourth-order valence-corrected chi connectivity index (χ4v) is 3.71. The molecule has 2 unspecified atom stereocenters. The van der Waals surface area contributed by atoms with Crippen LogP contribution in [0.15, 0.2) is 17.5 Å². The molecule has 23 heavy (non-hydrogen) atoms. The van der Waals surface area contributed by atoms with Crippen LogP contribution in [-0.4, -0.2) is 43.5 Å². The van der Waals surface area contributed by atoms with E-state index in [1.165, 1.54) is 11.3 Å². The molecule has 1 aliphatic heterocycles. The third kappa shape index (κ3) is 6.01. The van der Waals surface area contributed by atoms with Gasteiger partial charge in [-0.05, 0) is 43.8 Å². The monoisotopic (exact) mass is 360 g/mol. The van der Waals surface area contributed by atoms with Crippen LogP contribution in [0.5, 0.6) is 0 Å². The highest BCUT2D eigenvalue weighted by Gasteiger charge is 2.26. The molecule has 0 aromatic carbocycles. The van der Waals surface area contributed by atoms with Crippen molar-refractivity contribution in [2.24, 2.45) is 11.7 Å². The van der Waals surface area contributed by atoms with Crippen molar-refractivity contribution in [1.29, 1.82) is 0 Å². The van der Waals surface area contributed by atoms with E-state index in [0.29, 0.717) is 5.92 Å². The molecule has 2 atom stereocenters. The quantitative estimate of drug-likeness (QED) is 0.721. The van der Waals surface area contributed by atoms with E-state index in [4.69, 9.17) is 5.73 Å². The number of nitrogens with one attached hydrogen (secondary N) is 2. The Morgan fingerprint density at radius 2 is 2.30 bits per heavy atom. The topological polar surface area (TPSA) is 87.5 Å². The van der Waals surface area contributed by atoms with Crippen LogP contribution >= 0.6 is 23.7 Å². The summed E-state index contributed by atoms with van der Waals surface area (Å²) in [7, 11) is 1.93. The van der Waals surface area contributed by atoms with E-state index in [9.17, 15) is 9.59 Å². The average Bonchev–Trinajstić information content (AvgIpc) is 3.01. The molecule has 1 aromatic heterocycles. The van der Waals surface area contributed by atoms with E-state index in [1.807, 2.05) is 29.5 Å². The zero-order valence-electron chi connectivity index (χ0n) is 13.3. The first-order chi connectivity index (χ1) is 10.6. The maximum atomic E-state index is 12.6. The summed E-state index contributed by atoms with van der Waals surface area (Å²) in [6, 6.07) is 2.88. The molecular weight excluding hydrogens is 336 g/mol. The lowest BCUT2D eigenvalue weighted by Gasteiger charge is -2.33. The van der Waals surface area contributed by atoms with Gasteiger partial charge in [0.15, 0.2) is 0 Å². The van der Waals surface area contributed by atoms with E-state index in [2.05, 4.69) is 10.6 Å². The Labute approximate surface area is 147 Å². The minimum atomic E-state index is -0.599. The molecule has 2 rings (SSSR count). The van der Waals surface area contributed by atoms with Crippen molar-refractivity contribution in [2.75, 3.05) is 26.7 Å². The fraction of sp³-hybridized carbons (Fsp3) is 0.600. The minimum absolute atomic E-state index is 0. The number of urea groups is 1. The molecule has 1 fully saturated rings. The molecule has 0 spiro atoms. The predicted molar refractivity (Wildman–Crippen MR) is 94.9 cm³/mol. The number of nitrogens with zero attached hydrogens (tertiary/aromatic N) is 1. The van der Waals surface area contributed by atoms with Crippen LogP contribution in [0.25, 0.3) is 0 Å². The third-order valence-corrected chi connectivity index (χ3v) is 4.93. The van der Waals surface area contributed by atoms with Crippen molar-refractivity contribution in [3.05, 3.63) is 22.4 Å². The molecule has 2 heterocycles. The first-order valence-corrected chi connectivity index (χ1v) is 8.50. The van der Waals surface area contributed by atoms with Crippen LogP contribution in [-0.2, 0) is 4.79 Å². The summed E-state index contributed by atoms with van der Waals surface area (Å²) < 4.78 is 0. The van der Waals surface area contributed by atoms with Gasteiger partial charge in [0.1, 0.15) is 0 Å². The predicted octanol–water partition coefficient (Wildman–Crippen LogP) is 1.73. The highest BCUT2D eigenvalue weighted by Crippen LogP contribution is 2.24. The summed E-state index contributed by atoms with van der Waals surface area (Å²) in [6.07, 6.45) is 2.44. The molecule has 6 nitrogen and oxygen atoms in total. The number of piperidine rings is 1. The van der Waals surface area contributed by atoms with Crippen LogP contribution in [0, 0.1) is 5.92 Å². The van der Waals surface area contributed by atoms with Gasteiger partial charge in [-0.2, -0.15) is 0 Å². The lowest BCUT2D eigenvalue weighted by atomic mass is 9.97. The van der Waals surface area contributed by atoms with Crippen molar-refractivity contribution in [3.8, 4) is 0 Å². The molecule has 0 radical (unpaired) electrons. The van der Waals surface area contributed by atoms with Crippen molar-refractivity contribution in [1.82, 2.24) is 15.5 Å². The molecule has 1 aliphatic rings. The molecule has 0 aliphatic carbocycles. The average molecular weight is 361 g/mol. The van der Waals surface area contributed by atoms with Crippen LogP contribution in [0.3, 0.4) is 0 Å². The van der Waals surface area contributed by atoms with Crippen molar-refractivity contribution in [3.63, 3.8) is 0 Å². The second-order valence-electron chi connectivity index (χ2n) is 5.69. The summed E-state index contributed by atoms with van der Waals surface area (Å²) in [4.78, 5) is 26.6. The molecule has 0 bridgehead atoms. The second kappa shape index (κ2) is 9.75. The van der Waals surface area contributed by atoms with Gasteiger partial charge in [0, 0.05) is 18.0 Å². The van der Waals surface area contributed by atoms with E-state index in [0.717, 1.165) is 37.4 Å². The largest absolute Gasteiger partial charge is 0.352 e. The molecule has 4 N–H and O–H groups in total. The summed E-state index contributed by atoms with van der Waals surface area (Å²) in [5.74, 6) is 0.583. The highest BCUT2D eigenvalue weighted by atomic mass is 35.5. The summed E-state index contributed by atoms with van der Waals surface area (Å²) in [6.45, 7) is 2.51. The lowest BCUT2D eigenvalue weighted by molar-refractivity contribution is -0.133. The number of halogens is 1. The number of primary amides is 1. The minimum Gasteiger partial charge on any atom is -0.352 e.